The number of hydrogen-bond acceptors (Lipinski definition) is 5. The van der Waals surface area contributed by atoms with E-state index in [1.807, 2.05) is 12.1 Å². The van der Waals surface area contributed by atoms with Gasteiger partial charge >= 0.3 is 0 Å². The summed E-state index contributed by atoms with van der Waals surface area (Å²) >= 11 is 1.72. The molecule has 2 N–H and O–H groups in total. The summed E-state index contributed by atoms with van der Waals surface area (Å²) in [6, 6.07) is 7.78. The second-order valence-electron chi connectivity index (χ2n) is 5.54. The number of benzene rings is 1. The van der Waals surface area contributed by atoms with Crippen molar-refractivity contribution in [2.75, 3.05) is 5.73 Å². The Morgan fingerprint density at radius 1 is 1.26 bits per heavy atom. The standard InChI is InChI=1S/C14H15N3OS/c1-14(2,3)13-16-12-8(5-4-6-10(12)19-13)9-7-11(15)17-18-9/h4-7H,1-3H3,(H2,15,17). The van der Waals surface area contributed by atoms with E-state index in [1.165, 1.54) is 0 Å². The molecule has 0 radical (unpaired) electrons. The summed E-state index contributed by atoms with van der Waals surface area (Å²) in [4.78, 5) is 4.76. The highest BCUT2D eigenvalue weighted by Crippen LogP contribution is 2.36. The molecule has 0 aliphatic carbocycles. The molecule has 0 spiro atoms. The first-order valence-electron chi connectivity index (χ1n) is 6.08. The maximum atomic E-state index is 5.61. The first-order valence-corrected chi connectivity index (χ1v) is 6.89. The SMILES string of the molecule is CC(C)(C)c1nc2c(-c3cc(N)no3)cccc2s1. The summed E-state index contributed by atoms with van der Waals surface area (Å²) < 4.78 is 6.39. The van der Waals surface area contributed by atoms with Crippen LogP contribution in [-0.4, -0.2) is 10.1 Å². The van der Waals surface area contributed by atoms with E-state index in [0.29, 0.717) is 11.6 Å². The van der Waals surface area contributed by atoms with Crippen molar-refractivity contribution >= 4 is 27.4 Å². The van der Waals surface area contributed by atoms with Crippen molar-refractivity contribution in [3.8, 4) is 11.3 Å². The lowest BCUT2D eigenvalue weighted by atomic mass is 9.98. The molecular weight excluding hydrogens is 258 g/mol. The van der Waals surface area contributed by atoms with E-state index in [0.717, 1.165) is 20.8 Å². The van der Waals surface area contributed by atoms with Crippen molar-refractivity contribution in [2.24, 2.45) is 0 Å². The van der Waals surface area contributed by atoms with Gasteiger partial charge in [0, 0.05) is 17.0 Å². The minimum Gasteiger partial charge on any atom is -0.381 e. The normalized spacial score (nSPS) is 12.2. The molecule has 0 fully saturated rings. The van der Waals surface area contributed by atoms with Gasteiger partial charge in [-0.15, -0.1) is 11.3 Å². The minimum atomic E-state index is 0.0431. The third-order valence-corrected chi connectivity index (χ3v) is 4.30. The van der Waals surface area contributed by atoms with Crippen molar-refractivity contribution in [2.45, 2.75) is 26.2 Å². The Balaban J connectivity index is 2.23. The lowest BCUT2D eigenvalue weighted by molar-refractivity contribution is 0.436. The van der Waals surface area contributed by atoms with Crippen LogP contribution in [-0.2, 0) is 5.41 Å². The Labute approximate surface area is 115 Å². The van der Waals surface area contributed by atoms with Crippen LogP contribution in [0.5, 0.6) is 0 Å². The molecule has 1 aromatic carbocycles. The van der Waals surface area contributed by atoms with Crippen LogP contribution in [0.15, 0.2) is 28.8 Å². The fourth-order valence-corrected chi connectivity index (χ4v) is 2.93. The number of hydrogen-bond donors (Lipinski definition) is 1. The molecule has 5 heteroatoms. The maximum Gasteiger partial charge on any atom is 0.171 e. The molecule has 2 heterocycles. The lowest BCUT2D eigenvalue weighted by Crippen LogP contribution is -2.09. The van der Waals surface area contributed by atoms with Crippen molar-refractivity contribution in [1.82, 2.24) is 10.1 Å². The third kappa shape index (κ3) is 2.10. The summed E-state index contributed by atoms with van der Waals surface area (Å²) in [5.74, 6) is 1.05. The molecule has 0 amide bonds. The second-order valence-corrected chi connectivity index (χ2v) is 6.57. The number of anilines is 1. The molecule has 0 saturated carbocycles. The van der Waals surface area contributed by atoms with Crippen LogP contribution in [0.3, 0.4) is 0 Å². The molecule has 0 unspecified atom stereocenters. The number of para-hydroxylation sites is 1. The molecule has 0 aliphatic rings. The Bertz CT molecular complexity index is 737. The quantitative estimate of drug-likeness (QED) is 0.731. The van der Waals surface area contributed by atoms with Crippen molar-refractivity contribution in [3.05, 3.63) is 29.3 Å². The van der Waals surface area contributed by atoms with Crippen molar-refractivity contribution in [1.29, 1.82) is 0 Å². The molecule has 0 aliphatic heterocycles. The number of nitrogens with two attached hydrogens (primary N) is 1. The van der Waals surface area contributed by atoms with Crippen LogP contribution in [0.1, 0.15) is 25.8 Å². The van der Waals surface area contributed by atoms with Crippen LogP contribution < -0.4 is 5.73 Å². The second kappa shape index (κ2) is 4.06. The van der Waals surface area contributed by atoms with E-state index in [1.54, 1.807) is 17.4 Å². The van der Waals surface area contributed by atoms with Crippen LogP contribution in [0.25, 0.3) is 21.5 Å². The third-order valence-electron chi connectivity index (χ3n) is 2.85. The average molecular weight is 273 g/mol. The van der Waals surface area contributed by atoms with Gasteiger partial charge in [-0.3, -0.25) is 0 Å². The zero-order valence-electron chi connectivity index (χ0n) is 11.1. The largest absolute Gasteiger partial charge is 0.381 e. The molecule has 0 atom stereocenters. The molecule has 0 bridgehead atoms. The fourth-order valence-electron chi connectivity index (χ4n) is 1.88. The van der Waals surface area contributed by atoms with Crippen molar-refractivity contribution in [3.63, 3.8) is 0 Å². The predicted octanol–water partition coefficient (Wildman–Crippen LogP) is 3.83. The zero-order valence-corrected chi connectivity index (χ0v) is 11.9. The van der Waals surface area contributed by atoms with Gasteiger partial charge in [0.15, 0.2) is 11.6 Å². The van der Waals surface area contributed by atoms with Crippen LogP contribution in [0.2, 0.25) is 0 Å². The molecule has 3 aromatic rings. The van der Waals surface area contributed by atoms with E-state index in [2.05, 4.69) is 32.0 Å². The average Bonchev–Trinajstić information content (AvgIpc) is 2.93. The van der Waals surface area contributed by atoms with Gasteiger partial charge in [0.25, 0.3) is 0 Å². The van der Waals surface area contributed by atoms with Gasteiger partial charge in [0.1, 0.15) is 0 Å². The Hall–Kier alpha value is -1.88. The van der Waals surface area contributed by atoms with E-state index in [9.17, 15) is 0 Å². The highest BCUT2D eigenvalue weighted by molar-refractivity contribution is 7.18. The monoisotopic (exact) mass is 273 g/mol. The number of thiazole rings is 1. The first-order chi connectivity index (χ1) is 8.95. The van der Waals surface area contributed by atoms with Gasteiger partial charge in [-0.2, -0.15) is 0 Å². The van der Waals surface area contributed by atoms with E-state index in [-0.39, 0.29) is 5.41 Å². The number of fused-ring (bicyclic) bond motifs is 1. The predicted molar refractivity (Wildman–Crippen MR) is 78.2 cm³/mol. The van der Waals surface area contributed by atoms with Gasteiger partial charge in [-0.1, -0.05) is 32.0 Å². The summed E-state index contributed by atoms with van der Waals surface area (Å²) in [5.41, 5.74) is 7.55. The Morgan fingerprint density at radius 2 is 2.05 bits per heavy atom. The Morgan fingerprint density at radius 3 is 2.68 bits per heavy atom. The maximum absolute atomic E-state index is 5.61. The molecule has 98 valence electrons. The summed E-state index contributed by atoms with van der Waals surface area (Å²) in [5, 5.41) is 4.85. The molecular formula is C14H15N3OS. The van der Waals surface area contributed by atoms with E-state index in [4.69, 9.17) is 15.2 Å². The highest BCUT2D eigenvalue weighted by atomic mass is 32.1. The smallest absolute Gasteiger partial charge is 0.171 e. The number of aromatic nitrogens is 2. The van der Waals surface area contributed by atoms with E-state index < -0.39 is 0 Å². The molecule has 3 rings (SSSR count). The fraction of sp³-hybridized carbons (Fsp3) is 0.286. The summed E-state index contributed by atoms with van der Waals surface area (Å²) in [7, 11) is 0. The molecule has 4 nitrogen and oxygen atoms in total. The van der Waals surface area contributed by atoms with Crippen molar-refractivity contribution < 1.29 is 4.52 Å². The molecule has 0 saturated heterocycles. The molecule has 2 aromatic heterocycles. The summed E-state index contributed by atoms with van der Waals surface area (Å²) in [6.45, 7) is 6.49. The van der Waals surface area contributed by atoms with Gasteiger partial charge < -0.3 is 10.3 Å². The minimum absolute atomic E-state index is 0.0431. The van der Waals surface area contributed by atoms with Gasteiger partial charge in [-0.25, -0.2) is 4.98 Å². The number of nitrogen functional groups attached to an aromatic ring is 1. The zero-order chi connectivity index (χ0) is 13.6. The van der Waals surface area contributed by atoms with Crippen LogP contribution in [0, 0.1) is 0 Å². The number of rotatable bonds is 1. The lowest BCUT2D eigenvalue weighted by Gasteiger charge is -2.13. The van der Waals surface area contributed by atoms with Crippen LogP contribution >= 0.6 is 11.3 Å². The van der Waals surface area contributed by atoms with Gasteiger partial charge in [-0.05, 0) is 12.1 Å². The highest BCUT2D eigenvalue weighted by Gasteiger charge is 2.20. The van der Waals surface area contributed by atoms with Gasteiger partial charge in [0.05, 0.1) is 15.2 Å². The first kappa shape index (κ1) is 12.2. The van der Waals surface area contributed by atoms with Crippen LogP contribution in [0.4, 0.5) is 5.82 Å². The summed E-state index contributed by atoms with van der Waals surface area (Å²) in [6.07, 6.45) is 0. The van der Waals surface area contributed by atoms with E-state index >= 15 is 0 Å². The molecule has 19 heavy (non-hydrogen) atoms. The number of nitrogens with zero attached hydrogens (tertiary/aromatic N) is 2. The van der Waals surface area contributed by atoms with Gasteiger partial charge in [0.2, 0.25) is 0 Å². The topological polar surface area (TPSA) is 64.9 Å². The Kier molecular flexibility index (Phi) is 2.60.